The lowest BCUT2D eigenvalue weighted by molar-refractivity contribution is -0.140. The van der Waals surface area contributed by atoms with Crippen LogP contribution in [-0.4, -0.2) is 35.8 Å². The highest BCUT2D eigenvalue weighted by atomic mass is 32.2. The first kappa shape index (κ1) is 12.8. The fraction of sp³-hybridized carbons (Fsp3) is 0.667. The van der Waals surface area contributed by atoms with Gasteiger partial charge in [-0.2, -0.15) is 5.10 Å². The Morgan fingerprint density at radius 3 is 2.94 bits per heavy atom. The Balaban J connectivity index is 2.55. The number of hydrogen-bond donors (Lipinski definition) is 1. The Morgan fingerprint density at radius 1 is 1.69 bits per heavy atom. The lowest BCUT2D eigenvalue weighted by atomic mass is 10.2. The van der Waals surface area contributed by atoms with Crippen LogP contribution < -0.4 is 0 Å². The molecule has 2 atom stereocenters. The van der Waals surface area contributed by atoms with E-state index in [1.54, 1.807) is 11.6 Å². The first-order valence-corrected chi connectivity index (χ1v) is 6.47. The zero-order valence-electron chi connectivity index (χ0n) is 9.29. The first-order chi connectivity index (χ1) is 7.54. The minimum atomic E-state index is -1.22. The molecule has 16 heavy (non-hydrogen) atoms. The van der Waals surface area contributed by atoms with E-state index < -0.39 is 22.7 Å². The Morgan fingerprint density at radius 2 is 2.38 bits per heavy atom. The molecule has 1 aromatic rings. The van der Waals surface area contributed by atoms with Gasteiger partial charge in [0.15, 0.2) is 0 Å². The highest BCUT2D eigenvalue weighted by Gasteiger charge is 2.16. The molecule has 0 saturated carbocycles. The van der Waals surface area contributed by atoms with E-state index in [1.807, 2.05) is 6.92 Å². The molecule has 0 spiro atoms. The maximum absolute atomic E-state index is 11.7. The zero-order valence-corrected chi connectivity index (χ0v) is 10.1. The molecule has 0 saturated heterocycles. The number of nitrogens with zero attached hydrogens (tertiary/aromatic N) is 3. The number of aliphatic carboxylic acids is 1. The van der Waals surface area contributed by atoms with E-state index in [4.69, 9.17) is 5.11 Å². The summed E-state index contributed by atoms with van der Waals surface area (Å²) in [7, 11) is -1.22. The van der Waals surface area contributed by atoms with Gasteiger partial charge in [0.05, 0.1) is 11.7 Å². The Kier molecular flexibility index (Phi) is 4.60. The predicted molar refractivity (Wildman–Crippen MR) is 59.2 cm³/mol. The Bertz CT molecular complexity index is 391. The summed E-state index contributed by atoms with van der Waals surface area (Å²) in [6, 6.07) is 0. The van der Waals surface area contributed by atoms with Crippen LogP contribution in [0.4, 0.5) is 0 Å². The maximum Gasteiger partial charge on any atom is 0.307 e. The molecule has 1 rings (SSSR count). The van der Waals surface area contributed by atoms with Gasteiger partial charge in [0.25, 0.3) is 0 Å². The topological polar surface area (TPSA) is 85.1 Å². The van der Waals surface area contributed by atoms with Gasteiger partial charge in [-0.15, -0.1) is 0 Å². The van der Waals surface area contributed by atoms with Crippen LogP contribution in [0.3, 0.4) is 0 Å². The zero-order chi connectivity index (χ0) is 12.1. The molecule has 0 amide bonds. The van der Waals surface area contributed by atoms with E-state index in [-0.39, 0.29) is 11.5 Å². The largest absolute Gasteiger partial charge is 0.481 e. The van der Waals surface area contributed by atoms with Crippen LogP contribution in [0.25, 0.3) is 0 Å². The number of aromatic nitrogens is 3. The molecule has 0 aliphatic rings. The van der Waals surface area contributed by atoms with E-state index in [2.05, 4.69) is 10.1 Å². The summed E-state index contributed by atoms with van der Waals surface area (Å²) >= 11 is 0. The van der Waals surface area contributed by atoms with Gasteiger partial charge in [0.1, 0.15) is 12.2 Å². The minimum Gasteiger partial charge on any atom is -0.481 e. The summed E-state index contributed by atoms with van der Waals surface area (Å²) in [5.41, 5.74) is 0. The summed E-state index contributed by atoms with van der Waals surface area (Å²) < 4.78 is 13.3. The third-order valence-electron chi connectivity index (χ3n) is 2.14. The van der Waals surface area contributed by atoms with Crippen molar-refractivity contribution in [1.82, 2.24) is 14.8 Å². The standard InChI is InChI=1S/C9H15N3O3S/c1-3-12-8(10-6-11-12)5-16(15)4-7(2)9(13)14/h6-7H,3-5H2,1-2H3,(H,13,14). The summed E-state index contributed by atoms with van der Waals surface area (Å²) in [6.45, 7) is 4.13. The fourth-order valence-corrected chi connectivity index (χ4v) is 2.55. The second-order valence-corrected chi connectivity index (χ2v) is 4.98. The number of rotatable bonds is 6. The van der Waals surface area contributed by atoms with E-state index in [0.29, 0.717) is 12.4 Å². The van der Waals surface area contributed by atoms with E-state index >= 15 is 0 Å². The highest BCUT2D eigenvalue weighted by Crippen LogP contribution is 2.04. The quantitative estimate of drug-likeness (QED) is 0.777. The molecule has 0 aliphatic heterocycles. The summed E-state index contributed by atoms with van der Waals surface area (Å²) in [6.07, 6.45) is 1.41. The number of hydrogen-bond acceptors (Lipinski definition) is 4. The number of aryl methyl sites for hydroxylation is 1. The van der Waals surface area contributed by atoms with Crippen molar-refractivity contribution in [3.8, 4) is 0 Å². The van der Waals surface area contributed by atoms with Crippen molar-refractivity contribution >= 4 is 16.8 Å². The third kappa shape index (κ3) is 3.41. The maximum atomic E-state index is 11.7. The molecule has 0 fully saturated rings. The van der Waals surface area contributed by atoms with Gasteiger partial charge in [-0.1, -0.05) is 6.92 Å². The Hall–Kier alpha value is -1.24. The molecule has 6 nitrogen and oxygen atoms in total. The third-order valence-corrected chi connectivity index (χ3v) is 3.59. The van der Waals surface area contributed by atoms with Crippen molar-refractivity contribution in [2.45, 2.75) is 26.1 Å². The molecule has 0 radical (unpaired) electrons. The predicted octanol–water partition coefficient (Wildman–Crippen LogP) is 0.267. The summed E-state index contributed by atoms with van der Waals surface area (Å²) in [5.74, 6) is -0.486. The van der Waals surface area contributed by atoms with Gasteiger partial charge in [0.2, 0.25) is 0 Å². The first-order valence-electron chi connectivity index (χ1n) is 4.99. The van der Waals surface area contributed by atoms with Gasteiger partial charge >= 0.3 is 5.97 Å². The van der Waals surface area contributed by atoms with Crippen LogP contribution in [0.2, 0.25) is 0 Å². The lowest BCUT2D eigenvalue weighted by Crippen LogP contribution is -2.19. The smallest absolute Gasteiger partial charge is 0.307 e. The number of carbonyl (C=O) groups is 1. The van der Waals surface area contributed by atoms with Crippen LogP contribution in [-0.2, 0) is 27.9 Å². The molecule has 0 aromatic carbocycles. The molecule has 1 aromatic heterocycles. The number of carboxylic acid groups (broad SMARTS) is 1. The van der Waals surface area contributed by atoms with Crippen molar-refractivity contribution in [2.24, 2.45) is 5.92 Å². The molecule has 1 N–H and O–H groups in total. The summed E-state index contributed by atoms with van der Waals surface area (Å²) in [4.78, 5) is 14.6. The van der Waals surface area contributed by atoms with Crippen LogP contribution in [0.5, 0.6) is 0 Å². The van der Waals surface area contributed by atoms with Crippen molar-refractivity contribution in [1.29, 1.82) is 0 Å². The lowest BCUT2D eigenvalue weighted by Gasteiger charge is -2.06. The molecule has 2 unspecified atom stereocenters. The van der Waals surface area contributed by atoms with Gasteiger partial charge < -0.3 is 5.11 Å². The molecular formula is C9H15N3O3S. The van der Waals surface area contributed by atoms with Crippen LogP contribution in [0, 0.1) is 5.92 Å². The second-order valence-electron chi connectivity index (χ2n) is 3.48. The van der Waals surface area contributed by atoms with Gasteiger partial charge in [-0.3, -0.25) is 9.00 Å². The average Bonchev–Trinajstić information content (AvgIpc) is 2.64. The van der Waals surface area contributed by atoms with Gasteiger partial charge in [0, 0.05) is 23.1 Å². The van der Waals surface area contributed by atoms with E-state index in [9.17, 15) is 9.00 Å². The molecule has 90 valence electrons. The van der Waals surface area contributed by atoms with Gasteiger partial charge in [-0.05, 0) is 6.92 Å². The monoisotopic (exact) mass is 245 g/mol. The van der Waals surface area contributed by atoms with Crippen molar-refractivity contribution in [3.05, 3.63) is 12.2 Å². The highest BCUT2D eigenvalue weighted by molar-refractivity contribution is 7.84. The molecular weight excluding hydrogens is 230 g/mol. The Labute approximate surface area is 96.1 Å². The van der Waals surface area contributed by atoms with E-state index in [1.165, 1.54) is 6.33 Å². The van der Waals surface area contributed by atoms with Crippen LogP contribution in [0.15, 0.2) is 6.33 Å². The SMILES string of the molecule is CCn1ncnc1CS(=O)CC(C)C(=O)O. The van der Waals surface area contributed by atoms with Crippen molar-refractivity contribution < 1.29 is 14.1 Å². The molecule has 0 aliphatic carbocycles. The normalized spacial score (nSPS) is 14.6. The minimum absolute atomic E-state index is 0.145. The molecule has 7 heteroatoms. The molecule has 0 bridgehead atoms. The fourth-order valence-electron chi connectivity index (χ4n) is 1.22. The van der Waals surface area contributed by atoms with Crippen LogP contribution in [0.1, 0.15) is 19.7 Å². The second kappa shape index (κ2) is 5.74. The molecule has 1 heterocycles. The van der Waals surface area contributed by atoms with Gasteiger partial charge in [-0.25, -0.2) is 9.67 Å². The van der Waals surface area contributed by atoms with Crippen molar-refractivity contribution in [3.63, 3.8) is 0 Å². The average molecular weight is 245 g/mol. The van der Waals surface area contributed by atoms with Crippen LogP contribution >= 0.6 is 0 Å². The van der Waals surface area contributed by atoms with Crippen molar-refractivity contribution in [2.75, 3.05) is 5.75 Å². The van der Waals surface area contributed by atoms with E-state index in [0.717, 1.165) is 0 Å². The number of carboxylic acids is 1. The summed E-state index contributed by atoms with van der Waals surface area (Å²) in [5, 5.41) is 12.6.